The summed E-state index contributed by atoms with van der Waals surface area (Å²) in [7, 11) is 0. The van der Waals surface area contributed by atoms with E-state index in [1.807, 2.05) is 12.2 Å². The fraction of sp³-hybridized carbons (Fsp3) is 0.667. The van der Waals surface area contributed by atoms with E-state index in [2.05, 4.69) is 28.0 Å². The van der Waals surface area contributed by atoms with Crippen molar-refractivity contribution in [1.82, 2.24) is 9.80 Å². The van der Waals surface area contributed by atoms with E-state index in [0.29, 0.717) is 24.9 Å². The molecule has 2 heterocycles. The topological polar surface area (TPSA) is 122 Å². The van der Waals surface area contributed by atoms with Gasteiger partial charge in [0.05, 0.1) is 10.8 Å². The van der Waals surface area contributed by atoms with Crippen molar-refractivity contribution in [2.24, 2.45) is 0 Å². The molecule has 0 aliphatic carbocycles. The smallest absolute Gasteiger partial charge is 0.303 e. The molecule has 2 rings (SSSR count). The first-order valence-corrected chi connectivity index (χ1v) is 15.3. The van der Waals surface area contributed by atoms with E-state index in [0.717, 1.165) is 84.2 Å². The largest absolute Gasteiger partial charge is 0.566 e. The van der Waals surface area contributed by atoms with Crippen molar-refractivity contribution in [3.8, 4) is 0 Å². The maximum atomic E-state index is 10.4. The Bertz CT molecular complexity index is 791. The number of rotatable bonds is 19. The van der Waals surface area contributed by atoms with E-state index in [4.69, 9.17) is 43.6 Å². The number of carboxylic acid groups (broad SMARTS) is 2. The summed E-state index contributed by atoms with van der Waals surface area (Å²) >= 11 is 12.7. The molecule has 0 amide bonds. The summed E-state index contributed by atoms with van der Waals surface area (Å²) in [5, 5.41) is 34.7. The van der Waals surface area contributed by atoms with E-state index in [1.165, 1.54) is 6.61 Å². The maximum Gasteiger partial charge on any atom is 0.303 e. The predicted molar refractivity (Wildman–Crippen MR) is 161 cm³/mol. The molecule has 0 radical (unpaired) electrons. The Morgan fingerprint density at radius 2 is 1.26 bits per heavy atom. The molecule has 8 nitrogen and oxygen atoms in total. The number of carboxylic acids is 2. The Labute approximate surface area is 310 Å². The number of unbranched alkanes of at least 4 members (excludes halogenated alkanes) is 3. The first kappa shape index (κ1) is 44.7. The maximum absolute atomic E-state index is 10.4. The van der Waals surface area contributed by atoms with E-state index < -0.39 is 11.9 Å². The van der Waals surface area contributed by atoms with Gasteiger partial charge in [-0.05, 0) is 77.5 Å². The number of nitrogens with zero attached hydrogens (tertiary/aromatic N) is 2. The fourth-order valence-corrected chi connectivity index (χ4v) is 5.66. The molecule has 0 saturated carbocycles. The van der Waals surface area contributed by atoms with Gasteiger partial charge in [-0.2, -0.15) is 6.42 Å². The molecule has 0 aromatic rings. The standard InChI is InChI=1S/C15H25ClNO3.C15H23ClNO3.2U/c2*16-13-9-11-17(10-5-6-12-18)14(13)7-3-1-2-4-8-15(19)20;;/h1,3,12-14,18H,2,4-11H2,(H,19,20);1,3,5-6,12-14,18H,2,4,7-11H2,(H,19,20);;/q2*-1;;/b3-1-;3-1-,6-5?;;/t2*13-,14+;;/m11../s1. The van der Waals surface area contributed by atoms with E-state index >= 15 is 0 Å². The van der Waals surface area contributed by atoms with Crippen LogP contribution >= 0.6 is 23.2 Å². The Hall–Kier alpha value is 0.554. The van der Waals surface area contributed by atoms with Gasteiger partial charge in [0.2, 0.25) is 0 Å². The number of carbonyl (C=O) groups is 2. The number of aliphatic hydroxyl groups is 2. The summed E-state index contributed by atoms with van der Waals surface area (Å²) in [5.74, 6) is -1.48. The Morgan fingerprint density at radius 3 is 1.74 bits per heavy atom. The number of allylic oxidation sites excluding steroid dienone is 2. The molecule has 4 N–H and O–H groups in total. The Morgan fingerprint density at radius 1 is 0.762 bits per heavy atom. The zero-order chi connectivity index (χ0) is 29.6. The van der Waals surface area contributed by atoms with Gasteiger partial charge in [-0.25, -0.2) is 18.8 Å². The van der Waals surface area contributed by atoms with Gasteiger partial charge in [0, 0.05) is 87.2 Å². The van der Waals surface area contributed by atoms with Crippen molar-refractivity contribution in [1.29, 1.82) is 0 Å². The van der Waals surface area contributed by atoms with Crippen LogP contribution in [0.15, 0.2) is 36.5 Å². The van der Waals surface area contributed by atoms with Crippen LogP contribution in [0, 0.1) is 75.4 Å². The van der Waals surface area contributed by atoms with E-state index in [1.54, 1.807) is 6.08 Å². The van der Waals surface area contributed by atoms with Crippen LogP contribution in [-0.4, -0.2) is 91.2 Å². The van der Waals surface area contributed by atoms with E-state index in [9.17, 15) is 9.59 Å². The van der Waals surface area contributed by atoms with E-state index in [-0.39, 0.29) is 85.8 Å². The SMILES string of the molecule is O=C(O)CCC/C=C\C[C@H]1[C@H](Cl)CCN1CC=C[CH-]O.O=C(O)CCC/C=C\C[C@H]1[C@H](Cl)CCN1CCC[CH-]O.[U].[U]. The summed E-state index contributed by atoms with van der Waals surface area (Å²) < 4.78 is 0. The molecular weight excluding hydrogens is 1030 g/mol. The zero-order valence-electron chi connectivity index (χ0n) is 24.5. The summed E-state index contributed by atoms with van der Waals surface area (Å²) in [5.41, 5.74) is 0. The molecule has 2 saturated heterocycles. The molecule has 0 aromatic heterocycles. The number of aliphatic hydroxyl groups excluding tert-OH is 2. The molecule has 12 heteroatoms. The van der Waals surface area contributed by atoms with Crippen LogP contribution in [0.2, 0.25) is 0 Å². The molecule has 238 valence electrons. The third kappa shape index (κ3) is 21.3. The molecule has 4 atom stereocenters. The molecule has 0 unspecified atom stereocenters. The van der Waals surface area contributed by atoms with Gasteiger partial charge in [0.25, 0.3) is 0 Å². The fourth-order valence-electron chi connectivity index (χ4n) is 4.94. The normalized spacial score (nSPS) is 22.7. The van der Waals surface area contributed by atoms with Crippen molar-refractivity contribution in [2.75, 3.05) is 26.2 Å². The van der Waals surface area contributed by atoms with Crippen LogP contribution in [0.25, 0.3) is 0 Å². The first-order chi connectivity index (χ1) is 19.3. The van der Waals surface area contributed by atoms with Gasteiger partial charge in [0.1, 0.15) is 0 Å². The second kappa shape index (κ2) is 29.0. The number of hydrogen-bond acceptors (Lipinski definition) is 6. The quantitative estimate of drug-likeness (QED) is 0.0528. The van der Waals surface area contributed by atoms with Crippen molar-refractivity contribution in [2.45, 2.75) is 99.9 Å². The van der Waals surface area contributed by atoms with Gasteiger partial charge >= 0.3 is 11.9 Å². The monoisotopic (exact) mass is 1080 g/mol. The minimum absolute atomic E-state index is 0. The predicted octanol–water partition coefficient (Wildman–Crippen LogP) is 6.14. The van der Waals surface area contributed by atoms with Crippen molar-refractivity contribution >= 4 is 35.1 Å². The van der Waals surface area contributed by atoms with Gasteiger partial charge in [-0.1, -0.05) is 30.7 Å². The van der Waals surface area contributed by atoms with Crippen molar-refractivity contribution in [3.63, 3.8) is 0 Å². The molecule has 0 bridgehead atoms. The Kier molecular flexibility index (Phi) is 30.8. The summed E-state index contributed by atoms with van der Waals surface area (Å²) in [4.78, 5) is 25.5. The van der Waals surface area contributed by atoms with Crippen LogP contribution in [0.4, 0.5) is 0 Å². The van der Waals surface area contributed by atoms with Crippen molar-refractivity contribution in [3.05, 3.63) is 49.7 Å². The minimum Gasteiger partial charge on any atom is -0.566 e. The molecular formula is C30H48Cl2N2O6U2-2. The number of hydrogen-bond donors (Lipinski definition) is 4. The minimum atomic E-state index is -0.742. The van der Waals surface area contributed by atoms with Gasteiger partial charge < -0.3 is 25.3 Å². The summed E-state index contributed by atoms with van der Waals surface area (Å²) in [6.45, 7) is 6.01. The first-order valence-electron chi connectivity index (χ1n) is 14.4. The molecule has 2 aliphatic heterocycles. The molecule has 42 heavy (non-hydrogen) atoms. The average molecular weight is 1080 g/mol. The average Bonchev–Trinajstić information content (AvgIpc) is 3.45. The van der Waals surface area contributed by atoms with Crippen LogP contribution in [-0.2, 0) is 9.59 Å². The van der Waals surface area contributed by atoms with Gasteiger partial charge in [-0.15, -0.1) is 29.8 Å². The van der Waals surface area contributed by atoms with Crippen LogP contribution < -0.4 is 0 Å². The Balaban J connectivity index is 0. The number of likely N-dealkylation sites (tertiary alicyclic amines) is 2. The molecule has 0 spiro atoms. The number of alkyl halides is 2. The third-order valence-corrected chi connectivity index (χ3v) is 8.13. The summed E-state index contributed by atoms with van der Waals surface area (Å²) in [6, 6.07) is 0.682. The second-order valence-corrected chi connectivity index (χ2v) is 11.3. The van der Waals surface area contributed by atoms with Crippen LogP contribution in [0.1, 0.15) is 77.0 Å². The van der Waals surface area contributed by atoms with Crippen LogP contribution in [0.3, 0.4) is 0 Å². The molecule has 2 fully saturated rings. The summed E-state index contributed by atoms with van der Waals surface area (Å²) in [6.07, 6.45) is 20.8. The molecule has 2 aliphatic rings. The van der Waals surface area contributed by atoms with Gasteiger partial charge in [0.15, 0.2) is 0 Å². The van der Waals surface area contributed by atoms with Crippen molar-refractivity contribution < 1.29 is 92.2 Å². The number of halogens is 2. The third-order valence-electron chi connectivity index (χ3n) is 7.11. The number of aliphatic carboxylic acids is 2. The zero-order valence-corrected chi connectivity index (χ0v) is 34.3. The van der Waals surface area contributed by atoms with Crippen LogP contribution in [0.5, 0.6) is 0 Å². The second-order valence-electron chi connectivity index (χ2n) is 10.2. The molecule has 0 aromatic carbocycles. The van der Waals surface area contributed by atoms with Gasteiger partial charge in [-0.3, -0.25) is 14.5 Å².